The van der Waals surface area contributed by atoms with Crippen LogP contribution >= 0.6 is 0 Å². The minimum atomic E-state index is 0.0904. The second kappa shape index (κ2) is 7.27. The van der Waals surface area contributed by atoms with Crippen molar-refractivity contribution >= 4 is 5.91 Å². The molecule has 0 spiro atoms. The molecule has 0 aliphatic carbocycles. The lowest BCUT2D eigenvalue weighted by molar-refractivity contribution is -0.140. The minimum Gasteiger partial charge on any atom is -0.475 e. The van der Waals surface area contributed by atoms with Gasteiger partial charge in [0.1, 0.15) is 6.61 Å². The zero-order chi connectivity index (χ0) is 17.1. The molecule has 2 aliphatic heterocycles. The summed E-state index contributed by atoms with van der Waals surface area (Å²) >= 11 is 0. The van der Waals surface area contributed by atoms with E-state index in [1.165, 1.54) is 0 Å². The van der Waals surface area contributed by atoms with Gasteiger partial charge in [0.05, 0.1) is 12.6 Å². The first-order valence-electron chi connectivity index (χ1n) is 8.87. The van der Waals surface area contributed by atoms with E-state index in [4.69, 9.17) is 9.47 Å². The first-order valence-corrected chi connectivity index (χ1v) is 8.87. The summed E-state index contributed by atoms with van der Waals surface area (Å²) < 4.78 is 13.5. The van der Waals surface area contributed by atoms with Gasteiger partial charge in [-0.25, -0.2) is 4.98 Å². The van der Waals surface area contributed by atoms with E-state index in [0.717, 1.165) is 18.5 Å². The van der Waals surface area contributed by atoms with Crippen LogP contribution in [0.5, 0.6) is 5.88 Å². The second-order valence-corrected chi connectivity index (χ2v) is 6.65. The number of amides is 1. The average Bonchev–Trinajstić information content (AvgIpc) is 3.16. The topological polar surface area (TPSA) is 56.6 Å². The Hall–Kier alpha value is -2.34. The van der Waals surface area contributed by atoms with Crippen molar-refractivity contribution in [2.75, 3.05) is 26.4 Å². The maximum absolute atomic E-state index is 12.9. The van der Waals surface area contributed by atoms with Crippen molar-refractivity contribution in [3.8, 4) is 5.88 Å². The van der Waals surface area contributed by atoms with Gasteiger partial charge in [-0.3, -0.25) is 4.79 Å². The monoisotopic (exact) mass is 341 g/mol. The first kappa shape index (κ1) is 16.1. The highest BCUT2D eigenvalue weighted by Gasteiger charge is 2.32. The van der Waals surface area contributed by atoms with Gasteiger partial charge < -0.3 is 18.9 Å². The molecule has 4 heterocycles. The molecule has 6 heteroatoms. The van der Waals surface area contributed by atoms with Gasteiger partial charge in [0.2, 0.25) is 11.8 Å². The zero-order valence-corrected chi connectivity index (χ0v) is 14.2. The number of nitrogens with zero attached hydrogens (tertiary/aromatic N) is 3. The van der Waals surface area contributed by atoms with Crippen molar-refractivity contribution in [2.45, 2.75) is 25.4 Å². The van der Waals surface area contributed by atoms with Gasteiger partial charge in [0, 0.05) is 49.8 Å². The van der Waals surface area contributed by atoms with Gasteiger partial charge in [-0.1, -0.05) is 6.07 Å². The number of fused-ring (bicyclic) bond motifs is 1. The van der Waals surface area contributed by atoms with Crippen molar-refractivity contribution < 1.29 is 14.3 Å². The van der Waals surface area contributed by atoms with Gasteiger partial charge in [0.15, 0.2) is 0 Å². The Bertz CT molecular complexity index is 710. The average molecular weight is 341 g/mol. The van der Waals surface area contributed by atoms with E-state index in [-0.39, 0.29) is 17.9 Å². The molecule has 0 unspecified atom stereocenters. The Balaban J connectivity index is 1.46. The number of carbonyl (C=O) groups excluding carboxylic acids is 1. The molecule has 0 aromatic carbocycles. The van der Waals surface area contributed by atoms with Crippen LogP contribution in [0.3, 0.4) is 0 Å². The summed E-state index contributed by atoms with van der Waals surface area (Å²) in [5.74, 6) is 0.954. The summed E-state index contributed by atoms with van der Waals surface area (Å²) in [5.41, 5.74) is 1.15. The molecule has 2 aromatic heterocycles. The summed E-state index contributed by atoms with van der Waals surface area (Å²) in [4.78, 5) is 19.1. The van der Waals surface area contributed by atoms with Gasteiger partial charge in [-0.05, 0) is 31.0 Å². The number of pyridine rings is 1. The fourth-order valence-corrected chi connectivity index (χ4v) is 3.64. The van der Waals surface area contributed by atoms with Crippen molar-refractivity contribution in [3.05, 3.63) is 48.4 Å². The third kappa shape index (κ3) is 3.54. The minimum absolute atomic E-state index is 0.0904. The van der Waals surface area contributed by atoms with E-state index in [2.05, 4.69) is 21.8 Å². The molecule has 0 N–H and O–H groups in total. The Kier molecular flexibility index (Phi) is 4.70. The quantitative estimate of drug-likeness (QED) is 0.856. The van der Waals surface area contributed by atoms with E-state index >= 15 is 0 Å². The first-order chi connectivity index (χ1) is 12.3. The van der Waals surface area contributed by atoms with E-state index in [1.807, 2.05) is 29.2 Å². The molecule has 0 radical (unpaired) electrons. The summed E-state index contributed by atoms with van der Waals surface area (Å²) in [7, 11) is 0. The lowest BCUT2D eigenvalue weighted by Gasteiger charge is -2.37. The van der Waals surface area contributed by atoms with Crippen molar-refractivity contribution in [1.29, 1.82) is 0 Å². The van der Waals surface area contributed by atoms with Crippen LogP contribution in [0.1, 0.15) is 24.6 Å². The van der Waals surface area contributed by atoms with Crippen LogP contribution in [0.4, 0.5) is 0 Å². The highest BCUT2D eigenvalue weighted by Crippen LogP contribution is 2.26. The van der Waals surface area contributed by atoms with Crippen LogP contribution in [0.25, 0.3) is 0 Å². The molecule has 1 amide bonds. The van der Waals surface area contributed by atoms with Crippen LogP contribution in [-0.2, 0) is 16.1 Å². The van der Waals surface area contributed by atoms with Crippen LogP contribution in [0, 0.1) is 5.92 Å². The molecule has 1 saturated heterocycles. The van der Waals surface area contributed by atoms with E-state index in [1.54, 1.807) is 6.20 Å². The molecule has 2 aromatic rings. The highest BCUT2D eigenvalue weighted by atomic mass is 16.5. The molecule has 0 bridgehead atoms. The maximum Gasteiger partial charge on any atom is 0.226 e. The highest BCUT2D eigenvalue weighted by molar-refractivity contribution is 5.79. The van der Waals surface area contributed by atoms with Crippen molar-refractivity contribution in [2.24, 2.45) is 5.92 Å². The van der Waals surface area contributed by atoms with Crippen molar-refractivity contribution in [3.63, 3.8) is 0 Å². The molecular formula is C19H23N3O3. The lowest BCUT2D eigenvalue weighted by Crippen LogP contribution is -2.45. The normalized spacial score (nSPS) is 21.0. The lowest BCUT2D eigenvalue weighted by atomic mass is 9.98. The Labute approximate surface area is 147 Å². The summed E-state index contributed by atoms with van der Waals surface area (Å²) in [5, 5.41) is 0. The third-order valence-corrected chi connectivity index (χ3v) is 4.99. The van der Waals surface area contributed by atoms with Gasteiger partial charge in [0.25, 0.3) is 0 Å². The van der Waals surface area contributed by atoms with Gasteiger partial charge in [-0.2, -0.15) is 0 Å². The predicted molar refractivity (Wildman–Crippen MR) is 92.2 cm³/mol. The Morgan fingerprint density at radius 3 is 2.92 bits per heavy atom. The Morgan fingerprint density at radius 1 is 1.24 bits per heavy atom. The largest absolute Gasteiger partial charge is 0.475 e. The van der Waals surface area contributed by atoms with E-state index < -0.39 is 0 Å². The smallest absolute Gasteiger partial charge is 0.226 e. The fraction of sp³-hybridized carbons (Fsp3) is 0.474. The number of ether oxygens (including phenoxy) is 2. The number of hydrogen-bond acceptors (Lipinski definition) is 4. The molecule has 0 saturated carbocycles. The summed E-state index contributed by atoms with van der Waals surface area (Å²) in [6.07, 6.45) is 5.44. The molecule has 6 nitrogen and oxygen atoms in total. The predicted octanol–water partition coefficient (Wildman–Crippen LogP) is 2.27. The molecular weight excluding hydrogens is 318 g/mol. The summed E-state index contributed by atoms with van der Waals surface area (Å²) in [6.45, 7) is 3.21. The third-order valence-electron chi connectivity index (χ3n) is 4.99. The van der Waals surface area contributed by atoms with Gasteiger partial charge in [-0.15, -0.1) is 0 Å². The number of aromatic nitrogens is 2. The number of carbonyl (C=O) groups is 1. The van der Waals surface area contributed by atoms with Crippen LogP contribution in [0.2, 0.25) is 0 Å². The van der Waals surface area contributed by atoms with Crippen LogP contribution < -0.4 is 4.74 Å². The SMILES string of the molecule is O=C(C1CCOCC1)N1Cc2cccn2[C@@H](COc2ccccn2)C1. The molecule has 2 aliphatic rings. The molecule has 4 rings (SSSR count). The van der Waals surface area contributed by atoms with Gasteiger partial charge >= 0.3 is 0 Å². The summed E-state index contributed by atoms with van der Waals surface area (Å²) in [6, 6.07) is 9.84. The van der Waals surface area contributed by atoms with E-state index in [0.29, 0.717) is 38.8 Å². The molecule has 1 fully saturated rings. The number of hydrogen-bond donors (Lipinski definition) is 0. The molecule has 132 valence electrons. The van der Waals surface area contributed by atoms with Crippen LogP contribution in [0.15, 0.2) is 42.7 Å². The Morgan fingerprint density at radius 2 is 2.12 bits per heavy atom. The zero-order valence-electron chi connectivity index (χ0n) is 14.2. The van der Waals surface area contributed by atoms with E-state index in [9.17, 15) is 4.79 Å². The fourth-order valence-electron chi connectivity index (χ4n) is 3.64. The molecule has 25 heavy (non-hydrogen) atoms. The molecule has 1 atom stereocenters. The maximum atomic E-state index is 12.9. The number of rotatable bonds is 4. The second-order valence-electron chi connectivity index (χ2n) is 6.65. The van der Waals surface area contributed by atoms with Crippen molar-refractivity contribution in [1.82, 2.24) is 14.5 Å². The van der Waals surface area contributed by atoms with Crippen LogP contribution in [-0.4, -0.2) is 46.7 Å². The standard InChI is InChI=1S/C19H23N3O3/c23-19(15-6-10-24-11-7-15)21-12-16-4-3-9-22(16)17(13-21)14-25-18-5-1-2-8-20-18/h1-5,8-9,15,17H,6-7,10-14H2/t17-/m1/s1.